The summed E-state index contributed by atoms with van der Waals surface area (Å²) in [5.41, 5.74) is 2.05. The summed E-state index contributed by atoms with van der Waals surface area (Å²) in [6.07, 6.45) is 0. The topological polar surface area (TPSA) is 112 Å². The summed E-state index contributed by atoms with van der Waals surface area (Å²) in [4.78, 5) is 28.7. The molecule has 0 aliphatic carbocycles. The van der Waals surface area contributed by atoms with Gasteiger partial charge in [-0.15, -0.1) is 14.8 Å². The highest BCUT2D eigenvalue weighted by molar-refractivity contribution is 8.00. The van der Waals surface area contributed by atoms with Gasteiger partial charge in [0.15, 0.2) is 16.6 Å². The van der Waals surface area contributed by atoms with Crippen molar-refractivity contribution in [3.8, 4) is 5.75 Å². The normalized spacial score (nSPS) is 11.6. The van der Waals surface area contributed by atoms with E-state index < -0.39 is 0 Å². The van der Waals surface area contributed by atoms with E-state index in [0.29, 0.717) is 38.1 Å². The average molecular weight is 486 g/mol. The van der Waals surface area contributed by atoms with E-state index in [4.69, 9.17) is 9.26 Å². The number of hydrogen-bond donors (Lipinski definition) is 1. The van der Waals surface area contributed by atoms with E-state index in [1.807, 2.05) is 24.3 Å². The van der Waals surface area contributed by atoms with Gasteiger partial charge in [0.25, 0.3) is 11.5 Å². The number of carbonyl (C=O) groups is 1. The molecule has 1 N–H and O–H groups in total. The van der Waals surface area contributed by atoms with Crippen molar-refractivity contribution < 1.29 is 14.1 Å². The molecular weight excluding hydrogens is 462 g/mol. The Bertz CT molecular complexity index is 1340. The van der Waals surface area contributed by atoms with Crippen LogP contribution >= 0.6 is 23.1 Å². The Balaban J connectivity index is 1.28. The number of aromatic nitrogens is 4. The van der Waals surface area contributed by atoms with Gasteiger partial charge in [-0.25, -0.2) is 4.98 Å². The molecule has 0 saturated heterocycles. The molecule has 0 unspecified atom stereocenters. The quantitative estimate of drug-likeness (QED) is 0.308. The van der Waals surface area contributed by atoms with Crippen molar-refractivity contribution in [2.24, 2.45) is 0 Å². The average Bonchev–Trinajstić information content (AvgIpc) is 3.36. The van der Waals surface area contributed by atoms with Gasteiger partial charge in [-0.05, 0) is 30.0 Å². The highest BCUT2D eigenvalue weighted by Crippen LogP contribution is 2.28. The van der Waals surface area contributed by atoms with Crippen LogP contribution in [0.2, 0.25) is 0 Å². The van der Waals surface area contributed by atoms with Crippen molar-refractivity contribution in [2.45, 2.75) is 43.2 Å². The summed E-state index contributed by atoms with van der Waals surface area (Å²) in [5, 5.41) is 11.1. The van der Waals surface area contributed by atoms with Crippen molar-refractivity contribution in [3.05, 3.63) is 63.8 Å². The minimum Gasteiger partial charge on any atom is -0.484 e. The number of nitrogens with zero attached hydrogens (tertiary/aromatic N) is 4. The van der Waals surface area contributed by atoms with E-state index >= 15 is 0 Å². The molecule has 11 heteroatoms. The molecule has 3 aromatic heterocycles. The molecule has 0 fully saturated rings. The van der Waals surface area contributed by atoms with Crippen LogP contribution in [-0.2, 0) is 16.0 Å². The Hall–Kier alpha value is -3.18. The van der Waals surface area contributed by atoms with Gasteiger partial charge >= 0.3 is 0 Å². The zero-order chi connectivity index (χ0) is 23.6. The van der Waals surface area contributed by atoms with Crippen molar-refractivity contribution in [3.63, 3.8) is 0 Å². The van der Waals surface area contributed by atoms with Crippen LogP contribution in [0.15, 0.2) is 50.1 Å². The van der Waals surface area contributed by atoms with Gasteiger partial charge < -0.3 is 9.26 Å². The fraction of sp³-hybridized carbons (Fsp3) is 0.318. The summed E-state index contributed by atoms with van der Waals surface area (Å²) in [7, 11) is 0. The zero-order valence-corrected chi connectivity index (χ0v) is 20.2. The first-order chi connectivity index (χ1) is 15.7. The van der Waals surface area contributed by atoms with Crippen LogP contribution in [0.25, 0.3) is 5.65 Å². The second-order valence-electron chi connectivity index (χ2n) is 8.36. The molecule has 0 saturated carbocycles. The molecule has 0 aliphatic rings. The molecule has 0 atom stereocenters. The number of carbonyl (C=O) groups excluding carboxylic acids is 1. The van der Waals surface area contributed by atoms with Crippen LogP contribution in [-0.4, -0.2) is 32.3 Å². The molecule has 1 amide bonds. The first kappa shape index (κ1) is 23.0. The Labute approximate surface area is 198 Å². The molecule has 172 valence electrons. The lowest BCUT2D eigenvalue weighted by Gasteiger charge is -2.19. The molecule has 0 spiro atoms. The summed E-state index contributed by atoms with van der Waals surface area (Å²) >= 11 is 2.62. The standard InChI is InChI=1S/C22H23N5O4S2/c1-13-9-17-23-15(10-19(29)27(17)31-13)12-32-21-26-25-20(33-21)24-18(28)11-30-16-7-5-14(6-8-16)22(2,3)4/h5-10H,11-12H2,1-4H3,(H,24,25,28). The molecule has 4 aromatic rings. The SMILES string of the molecule is Cc1cc2nc(CSc3nnc(NC(=O)COc4ccc(C(C)(C)C)cc4)s3)cc(=O)n2o1. The van der Waals surface area contributed by atoms with E-state index in [9.17, 15) is 9.59 Å². The number of fused-ring (bicyclic) bond motifs is 1. The van der Waals surface area contributed by atoms with Crippen LogP contribution < -0.4 is 15.6 Å². The second kappa shape index (κ2) is 9.36. The van der Waals surface area contributed by atoms with Crippen LogP contribution in [0.1, 0.15) is 37.8 Å². The molecule has 33 heavy (non-hydrogen) atoms. The van der Waals surface area contributed by atoms with Crippen LogP contribution in [0, 0.1) is 6.92 Å². The van der Waals surface area contributed by atoms with Gasteiger partial charge in [-0.2, -0.15) is 0 Å². The largest absolute Gasteiger partial charge is 0.484 e. The number of benzene rings is 1. The highest BCUT2D eigenvalue weighted by atomic mass is 32.2. The van der Waals surface area contributed by atoms with Crippen LogP contribution in [0.5, 0.6) is 5.75 Å². The smallest absolute Gasteiger partial charge is 0.287 e. The molecular formula is C22H23N5O4S2. The van der Waals surface area contributed by atoms with E-state index in [1.165, 1.54) is 34.7 Å². The highest BCUT2D eigenvalue weighted by Gasteiger charge is 2.14. The number of anilines is 1. The minimum absolute atomic E-state index is 0.0564. The third kappa shape index (κ3) is 5.79. The van der Waals surface area contributed by atoms with Gasteiger partial charge in [0.1, 0.15) is 11.5 Å². The third-order valence-electron chi connectivity index (χ3n) is 4.61. The van der Waals surface area contributed by atoms with Crippen molar-refractivity contribution in [1.29, 1.82) is 0 Å². The Morgan fingerprint density at radius 3 is 2.70 bits per heavy atom. The molecule has 0 radical (unpaired) electrons. The summed E-state index contributed by atoms with van der Waals surface area (Å²) in [5.74, 6) is 1.35. The number of amides is 1. The van der Waals surface area contributed by atoms with E-state index in [1.54, 1.807) is 13.0 Å². The lowest BCUT2D eigenvalue weighted by Crippen LogP contribution is -2.20. The maximum Gasteiger partial charge on any atom is 0.287 e. The first-order valence-electron chi connectivity index (χ1n) is 10.2. The lowest BCUT2D eigenvalue weighted by atomic mass is 9.87. The lowest BCUT2D eigenvalue weighted by molar-refractivity contribution is -0.118. The number of hydrogen-bond acceptors (Lipinski definition) is 9. The maximum absolute atomic E-state index is 12.2. The number of nitrogens with one attached hydrogen (secondary N) is 1. The van der Waals surface area contributed by atoms with Gasteiger partial charge in [0, 0.05) is 17.9 Å². The van der Waals surface area contributed by atoms with E-state index in [2.05, 4.69) is 41.3 Å². The summed E-state index contributed by atoms with van der Waals surface area (Å²) in [6, 6.07) is 10.8. The maximum atomic E-state index is 12.2. The zero-order valence-electron chi connectivity index (χ0n) is 18.6. The molecule has 1 aromatic carbocycles. The second-order valence-corrected chi connectivity index (χ2v) is 10.6. The van der Waals surface area contributed by atoms with E-state index in [-0.39, 0.29) is 23.5 Å². The summed E-state index contributed by atoms with van der Waals surface area (Å²) < 4.78 is 12.7. The number of aryl methyl sites for hydroxylation is 1. The van der Waals surface area contributed by atoms with Crippen molar-refractivity contribution in [2.75, 3.05) is 11.9 Å². The van der Waals surface area contributed by atoms with Gasteiger partial charge in [-0.1, -0.05) is 56.0 Å². The fourth-order valence-electron chi connectivity index (χ4n) is 2.96. The van der Waals surface area contributed by atoms with Crippen molar-refractivity contribution in [1.82, 2.24) is 19.8 Å². The van der Waals surface area contributed by atoms with E-state index in [0.717, 1.165) is 4.57 Å². The Kier molecular flexibility index (Phi) is 6.52. The molecule has 3 heterocycles. The minimum atomic E-state index is -0.321. The molecule has 9 nitrogen and oxygen atoms in total. The number of thioether (sulfide) groups is 1. The Morgan fingerprint density at radius 2 is 1.97 bits per heavy atom. The van der Waals surface area contributed by atoms with Gasteiger partial charge in [0.05, 0.1) is 5.69 Å². The number of ether oxygens (including phenoxy) is 1. The molecule has 0 bridgehead atoms. The van der Waals surface area contributed by atoms with Gasteiger partial charge in [-0.3, -0.25) is 14.9 Å². The van der Waals surface area contributed by atoms with Crippen LogP contribution in [0.3, 0.4) is 0 Å². The van der Waals surface area contributed by atoms with Crippen molar-refractivity contribution >= 4 is 39.8 Å². The predicted octanol–water partition coefficient (Wildman–Crippen LogP) is 4.05. The Morgan fingerprint density at radius 1 is 1.21 bits per heavy atom. The number of rotatable bonds is 7. The predicted molar refractivity (Wildman–Crippen MR) is 127 cm³/mol. The first-order valence-corrected chi connectivity index (χ1v) is 12.0. The molecule has 4 rings (SSSR count). The van der Waals surface area contributed by atoms with Crippen LogP contribution in [0.4, 0.5) is 5.13 Å². The third-order valence-corrected chi connectivity index (χ3v) is 6.62. The monoisotopic (exact) mass is 485 g/mol. The fourth-order valence-corrected chi connectivity index (χ4v) is 4.62. The van der Waals surface area contributed by atoms with Gasteiger partial charge in [0.2, 0.25) is 5.13 Å². The summed E-state index contributed by atoms with van der Waals surface area (Å²) in [6.45, 7) is 8.05. The molecule has 0 aliphatic heterocycles.